The van der Waals surface area contributed by atoms with Crippen molar-refractivity contribution >= 4 is 23.2 Å². The monoisotopic (exact) mass is 480 g/mol. The van der Waals surface area contributed by atoms with Crippen molar-refractivity contribution in [3.05, 3.63) is 76.4 Å². The molecule has 1 aliphatic carbocycles. The first-order chi connectivity index (χ1) is 16.7. The third-order valence-corrected chi connectivity index (χ3v) is 7.03. The largest absolute Gasteiger partial charge is 0.494 e. The second kappa shape index (κ2) is 11.9. The molecule has 180 valence electrons. The van der Waals surface area contributed by atoms with Crippen LogP contribution in [0.4, 0.5) is 0 Å². The van der Waals surface area contributed by atoms with Gasteiger partial charge >= 0.3 is 0 Å². The molecule has 1 saturated carbocycles. The lowest BCUT2D eigenvalue weighted by molar-refractivity contribution is -0.141. The van der Waals surface area contributed by atoms with Gasteiger partial charge in [-0.1, -0.05) is 43.5 Å². The van der Waals surface area contributed by atoms with Crippen molar-refractivity contribution in [3.8, 4) is 5.75 Å². The first kappa shape index (κ1) is 24.1. The minimum Gasteiger partial charge on any atom is -0.494 e. The van der Waals surface area contributed by atoms with E-state index in [2.05, 4.69) is 5.32 Å². The summed E-state index contributed by atoms with van der Waals surface area (Å²) in [4.78, 5) is 30.1. The molecule has 4 rings (SSSR count). The molecule has 1 aliphatic rings. The molecule has 0 spiro atoms. The molecule has 0 aliphatic heterocycles. The summed E-state index contributed by atoms with van der Waals surface area (Å²) in [6.45, 7) is 2.58. The molecule has 1 aromatic carbocycles. The Morgan fingerprint density at radius 1 is 1.12 bits per heavy atom. The van der Waals surface area contributed by atoms with Gasteiger partial charge in [0.1, 0.15) is 17.6 Å². The highest BCUT2D eigenvalue weighted by Crippen LogP contribution is 2.33. The third-order valence-electron chi connectivity index (χ3n) is 6.16. The Morgan fingerprint density at radius 2 is 1.94 bits per heavy atom. The van der Waals surface area contributed by atoms with E-state index in [0.29, 0.717) is 23.7 Å². The van der Waals surface area contributed by atoms with E-state index in [0.717, 1.165) is 30.6 Å². The fourth-order valence-corrected chi connectivity index (χ4v) is 5.22. The van der Waals surface area contributed by atoms with Gasteiger partial charge in [0.25, 0.3) is 0 Å². The van der Waals surface area contributed by atoms with Crippen molar-refractivity contribution in [2.24, 2.45) is 0 Å². The zero-order valence-corrected chi connectivity index (χ0v) is 20.4. The molecule has 2 amide bonds. The lowest BCUT2D eigenvalue weighted by Gasteiger charge is -2.33. The van der Waals surface area contributed by atoms with Crippen LogP contribution in [0, 0.1) is 0 Å². The molecule has 34 heavy (non-hydrogen) atoms. The number of amides is 2. The predicted molar refractivity (Wildman–Crippen MR) is 133 cm³/mol. The number of nitrogens with one attached hydrogen (secondary N) is 1. The van der Waals surface area contributed by atoms with E-state index in [4.69, 9.17) is 9.15 Å². The van der Waals surface area contributed by atoms with Crippen LogP contribution in [0.1, 0.15) is 61.3 Å². The number of hydrogen-bond acceptors (Lipinski definition) is 5. The number of hydrogen-bond donors (Lipinski definition) is 1. The van der Waals surface area contributed by atoms with Crippen LogP contribution in [0.2, 0.25) is 0 Å². The quantitative estimate of drug-likeness (QED) is 0.416. The van der Waals surface area contributed by atoms with E-state index in [-0.39, 0.29) is 30.8 Å². The number of ether oxygens (including phenoxy) is 1. The minimum atomic E-state index is -0.831. The Hall–Kier alpha value is -3.06. The fraction of sp³-hybridized carbons (Fsp3) is 0.407. The molecule has 2 aromatic heterocycles. The van der Waals surface area contributed by atoms with Gasteiger partial charge in [-0.3, -0.25) is 9.59 Å². The van der Waals surface area contributed by atoms with Crippen LogP contribution in [0.3, 0.4) is 0 Å². The summed E-state index contributed by atoms with van der Waals surface area (Å²) < 4.78 is 11.5. The first-order valence-electron chi connectivity index (χ1n) is 12.0. The van der Waals surface area contributed by atoms with E-state index in [9.17, 15) is 9.59 Å². The van der Waals surface area contributed by atoms with Gasteiger partial charge in [-0.15, -0.1) is 11.3 Å². The Labute approximate surface area is 204 Å². The molecule has 0 bridgehead atoms. The average Bonchev–Trinajstić information content (AvgIpc) is 3.55. The van der Waals surface area contributed by atoms with Gasteiger partial charge in [-0.2, -0.15) is 0 Å². The highest BCUT2D eigenvalue weighted by Gasteiger charge is 2.35. The van der Waals surface area contributed by atoms with Gasteiger partial charge in [-0.25, -0.2) is 0 Å². The minimum absolute atomic E-state index is 0.126. The van der Waals surface area contributed by atoms with Crippen LogP contribution in [-0.2, 0) is 22.6 Å². The number of benzene rings is 1. The van der Waals surface area contributed by atoms with Crippen molar-refractivity contribution < 1.29 is 18.7 Å². The zero-order valence-electron chi connectivity index (χ0n) is 19.6. The number of nitrogens with zero attached hydrogens (tertiary/aromatic N) is 1. The van der Waals surface area contributed by atoms with Crippen molar-refractivity contribution in [3.63, 3.8) is 0 Å². The summed E-state index contributed by atoms with van der Waals surface area (Å²) in [6.07, 6.45) is 7.16. The smallest absolute Gasteiger partial charge is 0.247 e. The van der Waals surface area contributed by atoms with Crippen LogP contribution in [0.25, 0.3) is 0 Å². The van der Waals surface area contributed by atoms with E-state index < -0.39 is 6.04 Å². The number of furan rings is 1. The lowest BCUT2D eigenvalue weighted by atomic mass is 9.94. The van der Waals surface area contributed by atoms with E-state index in [1.54, 1.807) is 17.2 Å². The maximum Gasteiger partial charge on any atom is 0.247 e. The van der Waals surface area contributed by atoms with Gasteiger partial charge in [0.05, 0.1) is 25.8 Å². The number of thiophene rings is 1. The summed E-state index contributed by atoms with van der Waals surface area (Å²) in [5.41, 5.74) is 0.684. The van der Waals surface area contributed by atoms with Gasteiger partial charge < -0.3 is 19.4 Å². The molecule has 7 heteroatoms. The standard InChI is InChI=1S/C27H32N2O4S/c1-2-32-24-15-7-6-14-23(24)26(27(31)28-20-10-4-3-5-11-20)29(19-21-12-8-16-33-21)25(30)18-22-13-9-17-34-22/h6-9,12-17,20,26H,2-5,10-11,18-19H2,1H3,(H,28,31)/t26-/m1/s1. The Bertz CT molecular complexity index is 1040. The molecule has 3 aromatic rings. The number of carbonyl (C=O) groups is 2. The van der Waals surface area contributed by atoms with Crippen LogP contribution in [0.15, 0.2) is 64.6 Å². The highest BCUT2D eigenvalue weighted by molar-refractivity contribution is 7.10. The number of rotatable bonds is 10. The lowest BCUT2D eigenvalue weighted by Crippen LogP contribution is -2.47. The van der Waals surface area contributed by atoms with Crippen molar-refractivity contribution in [1.82, 2.24) is 10.2 Å². The predicted octanol–water partition coefficient (Wildman–Crippen LogP) is 5.50. The van der Waals surface area contributed by atoms with Gasteiger partial charge in [-0.05, 0) is 49.4 Å². The van der Waals surface area contributed by atoms with Crippen molar-refractivity contribution in [1.29, 1.82) is 0 Å². The number of para-hydroxylation sites is 1. The molecular weight excluding hydrogens is 448 g/mol. The summed E-state index contributed by atoms with van der Waals surface area (Å²) in [5, 5.41) is 5.20. The molecule has 0 unspecified atom stereocenters. The highest BCUT2D eigenvalue weighted by atomic mass is 32.1. The Balaban J connectivity index is 1.71. The molecule has 1 N–H and O–H groups in total. The van der Waals surface area contributed by atoms with Crippen LogP contribution >= 0.6 is 11.3 Å². The van der Waals surface area contributed by atoms with Crippen LogP contribution in [-0.4, -0.2) is 29.4 Å². The second-order valence-corrected chi connectivity index (χ2v) is 9.61. The molecule has 2 heterocycles. The van der Waals surface area contributed by atoms with E-state index in [1.165, 1.54) is 17.8 Å². The van der Waals surface area contributed by atoms with Crippen LogP contribution in [0.5, 0.6) is 5.75 Å². The van der Waals surface area contributed by atoms with Crippen LogP contribution < -0.4 is 10.1 Å². The Morgan fingerprint density at radius 3 is 2.65 bits per heavy atom. The molecule has 0 saturated heterocycles. The summed E-state index contributed by atoms with van der Waals surface area (Å²) in [5.74, 6) is 0.935. The first-order valence-corrected chi connectivity index (χ1v) is 12.9. The van der Waals surface area contributed by atoms with E-state index in [1.807, 2.05) is 54.8 Å². The SMILES string of the molecule is CCOc1ccccc1[C@H](C(=O)NC1CCCCC1)N(Cc1ccco1)C(=O)Cc1cccs1. The van der Waals surface area contributed by atoms with Gasteiger partial charge in [0, 0.05) is 16.5 Å². The molecule has 6 nitrogen and oxygen atoms in total. The van der Waals surface area contributed by atoms with Gasteiger partial charge in [0.2, 0.25) is 11.8 Å². The number of carbonyl (C=O) groups excluding carboxylic acids is 2. The molecule has 0 radical (unpaired) electrons. The van der Waals surface area contributed by atoms with Gasteiger partial charge in [0.15, 0.2) is 0 Å². The average molecular weight is 481 g/mol. The summed E-state index contributed by atoms with van der Waals surface area (Å²) in [6, 6.07) is 14.3. The zero-order chi connectivity index (χ0) is 23.8. The molecule has 1 atom stereocenters. The maximum atomic E-state index is 13.9. The Kier molecular flexibility index (Phi) is 8.41. The molecular formula is C27H32N2O4S. The normalized spacial score (nSPS) is 15.0. The topological polar surface area (TPSA) is 71.8 Å². The van der Waals surface area contributed by atoms with E-state index >= 15 is 0 Å². The maximum absolute atomic E-state index is 13.9. The molecule has 1 fully saturated rings. The summed E-state index contributed by atoms with van der Waals surface area (Å²) in [7, 11) is 0. The third kappa shape index (κ3) is 6.08. The second-order valence-electron chi connectivity index (χ2n) is 8.57. The fourth-order valence-electron chi connectivity index (χ4n) is 4.53. The van der Waals surface area contributed by atoms with Crippen molar-refractivity contribution in [2.45, 2.75) is 64.1 Å². The summed E-state index contributed by atoms with van der Waals surface area (Å²) >= 11 is 1.54. The van der Waals surface area contributed by atoms with Crippen molar-refractivity contribution in [2.75, 3.05) is 6.61 Å².